The fourth-order valence-electron chi connectivity index (χ4n) is 1.53. The molecule has 2 N–H and O–H groups in total. The maximum absolute atomic E-state index is 6.12. The molecule has 1 heterocycles. The summed E-state index contributed by atoms with van der Waals surface area (Å²) >= 11 is 12.1. The zero-order valence-corrected chi connectivity index (χ0v) is 9.91. The highest BCUT2D eigenvalue weighted by atomic mass is 35.5. The minimum absolute atomic E-state index is 0.329. The monoisotopic (exact) mass is 252 g/mol. The second-order valence-corrected chi connectivity index (χ2v) is 4.21. The van der Waals surface area contributed by atoms with E-state index in [-0.39, 0.29) is 6.04 Å². The smallest absolute Gasteiger partial charge is 0.0640 e. The Morgan fingerprint density at radius 1 is 1.00 bits per heavy atom. The fourth-order valence-corrected chi connectivity index (χ4v) is 2.02. The molecule has 0 aliphatic carbocycles. The Balaban J connectivity index is 2.44. The van der Waals surface area contributed by atoms with Gasteiger partial charge in [0.1, 0.15) is 0 Å². The van der Waals surface area contributed by atoms with E-state index in [0.29, 0.717) is 10.0 Å². The predicted octanol–water partition coefficient (Wildman–Crippen LogP) is 3.44. The summed E-state index contributed by atoms with van der Waals surface area (Å²) in [6.07, 6.45) is 3.24. The SMILES string of the molecule is NC(c1ccccc1Cl)c1ccncc1Cl. The molecule has 0 amide bonds. The Labute approximate surface area is 104 Å². The Morgan fingerprint density at radius 2 is 1.69 bits per heavy atom. The maximum Gasteiger partial charge on any atom is 0.0640 e. The van der Waals surface area contributed by atoms with Crippen LogP contribution in [0, 0.1) is 0 Å². The molecule has 0 aliphatic rings. The van der Waals surface area contributed by atoms with Crippen LogP contribution in [0.5, 0.6) is 0 Å². The minimum Gasteiger partial charge on any atom is -0.320 e. The van der Waals surface area contributed by atoms with Crippen LogP contribution < -0.4 is 5.73 Å². The quantitative estimate of drug-likeness (QED) is 0.890. The molecule has 0 saturated carbocycles. The van der Waals surface area contributed by atoms with E-state index in [1.807, 2.05) is 24.3 Å². The van der Waals surface area contributed by atoms with Crippen molar-refractivity contribution in [2.45, 2.75) is 6.04 Å². The van der Waals surface area contributed by atoms with Crippen molar-refractivity contribution in [2.24, 2.45) is 5.73 Å². The topological polar surface area (TPSA) is 38.9 Å². The average molecular weight is 253 g/mol. The molecule has 4 heteroatoms. The van der Waals surface area contributed by atoms with Gasteiger partial charge in [0.25, 0.3) is 0 Å². The van der Waals surface area contributed by atoms with E-state index in [4.69, 9.17) is 28.9 Å². The standard InChI is InChI=1S/C12H10Cl2N2/c13-10-4-2-1-3-8(10)12(15)9-5-6-16-7-11(9)14/h1-7,12H,15H2. The van der Waals surface area contributed by atoms with Crippen molar-refractivity contribution >= 4 is 23.2 Å². The van der Waals surface area contributed by atoms with Crippen LogP contribution in [0.2, 0.25) is 10.0 Å². The van der Waals surface area contributed by atoms with Gasteiger partial charge < -0.3 is 5.73 Å². The zero-order chi connectivity index (χ0) is 11.5. The van der Waals surface area contributed by atoms with Crippen LogP contribution in [0.4, 0.5) is 0 Å². The van der Waals surface area contributed by atoms with Gasteiger partial charge in [0.2, 0.25) is 0 Å². The number of hydrogen-bond donors (Lipinski definition) is 1. The summed E-state index contributed by atoms with van der Waals surface area (Å²) in [5, 5.41) is 1.19. The number of nitrogens with two attached hydrogens (primary N) is 1. The second kappa shape index (κ2) is 4.83. The predicted molar refractivity (Wildman–Crippen MR) is 66.7 cm³/mol. The lowest BCUT2D eigenvalue weighted by molar-refractivity contribution is 0.868. The normalized spacial score (nSPS) is 12.4. The molecular weight excluding hydrogens is 243 g/mol. The first kappa shape index (κ1) is 11.4. The Morgan fingerprint density at radius 3 is 2.38 bits per heavy atom. The van der Waals surface area contributed by atoms with Gasteiger partial charge in [-0.3, -0.25) is 4.98 Å². The van der Waals surface area contributed by atoms with Crippen molar-refractivity contribution in [1.29, 1.82) is 0 Å². The highest BCUT2D eigenvalue weighted by molar-refractivity contribution is 6.32. The van der Waals surface area contributed by atoms with E-state index in [0.717, 1.165) is 11.1 Å². The van der Waals surface area contributed by atoms with Gasteiger partial charge in [-0.2, -0.15) is 0 Å². The molecule has 0 spiro atoms. The van der Waals surface area contributed by atoms with Crippen LogP contribution in [0.1, 0.15) is 17.2 Å². The molecule has 1 atom stereocenters. The van der Waals surface area contributed by atoms with Gasteiger partial charge >= 0.3 is 0 Å². The maximum atomic E-state index is 6.12. The Kier molecular flexibility index (Phi) is 3.44. The molecule has 1 unspecified atom stereocenters. The number of aromatic nitrogens is 1. The average Bonchev–Trinajstić information content (AvgIpc) is 2.29. The van der Waals surface area contributed by atoms with Gasteiger partial charge in [0, 0.05) is 17.4 Å². The van der Waals surface area contributed by atoms with Gasteiger partial charge in [-0.05, 0) is 23.3 Å². The molecule has 0 aliphatic heterocycles. The molecule has 2 aromatic rings. The first-order valence-corrected chi connectivity index (χ1v) is 5.55. The molecule has 16 heavy (non-hydrogen) atoms. The lowest BCUT2D eigenvalue weighted by Gasteiger charge is -2.14. The molecule has 0 saturated heterocycles. The molecule has 2 rings (SSSR count). The second-order valence-electron chi connectivity index (χ2n) is 3.40. The zero-order valence-electron chi connectivity index (χ0n) is 8.40. The summed E-state index contributed by atoms with van der Waals surface area (Å²) in [5.41, 5.74) is 7.80. The molecule has 2 nitrogen and oxygen atoms in total. The van der Waals surface area contributed by atoms with Crippen LogP contribution in [0.3, 0.4) is 0 Å². The summed E-state index contributed by atoms with van der Waals surface area (Å²) < 4.78 is 0. The van der Waals surface area contributed by atoms with Crippen molar-refractivity contribution in [1.82, 2.24) is 4.98 Å². The van der Waals surface area contributed by atoms with Crippen molar-refractivity contribution < 1.29 is 0 Å². The molecule has 0 bridgehead atoms. The first-order chi connectivity index (χ1) is 7.70. The van der Waals surface area contributed by atoms with E-state index >= 15 is 0 Å². The van der Waals surface area contributed by atoms with Gasteiger partial charge in [0.15, 0.2) is 0 Å². The summed E-state index contributed by atoms with van der Waals surface area (Å²) in [5.74, 6) is 0. The van der Waals surface area contributed by atoms with Crippen LogP contribution in [-0.4, -0.2) is 4.98 Å². The van der Waals surface area contributed by atoms with E-state index in [1.165, 1.54) is 0 Å². The van der Waals surface area contributed by atoms with Gasteiger partial charge in [-0.1, -0.05) is 41.4 Å². The van der Waals surface area contributed by atoms with Gasteiger partial charge in [-0.15, -0.1) is 0 Å². The largest absolute Gasteiger partial charge is 0.320 e. The number of benzene rings is 1. The van der Waals surface area contributed by atoms with Crippen molar-refractivity contribution in [2.75, 3.05) is 0 Å². The lowest BCUT2D eigenvalue weighted by atomic mass is 10.0. The number of pyridine rings is 1. The highest BCUT2D eigenvalue weighted by Gasteiger charge is 2.14. The Hall–Kier alpha value is -1.09. The van der Waals surface area contributed by atoms with Gasteiger partial charge in [0.05, 0.1) is 11.1 Å². The van der Waals surface area contributed by atoms with E-state index in [9.17, 15) is 0 Å². The third-order valence-electron chi connectivity index (χ3n) is 2.38. The summed E-state index contributed by atoms with van der Waals surface area (Å²) in [6, 6.07) is 8.94. The van der Waals surface area contributed by atoms with E-state index in [2.05, 4.69) is 4.98 Å². The van der Waals surface area contributed by atoms with Crippen molar-refractivity contribution in [3.8, 4) is 0 Å². The van der Waals surface area contributed by atoms with Gasteiger partial charge in [-0.25, -0.2) is 0 Å². The number of rotatable bonds is 2. The molecule has 0 radical (unpaired) electrons. The van der Waals surface area contributed by atoms with E-state index in [1.54, 1.807) is 18.5 Å². The number of halogens is 2. The summed E-state index contributed by atoms with van der Waals surface area (Å²) in [7, 11) is 0. The first-order valence-electron chi connectivity index (χ1n) is 4.79. The highest BCUT2D eigenvalue weighted by Crippen LogP contribution is 2.29. The number of hydrogen-bond acceptors (Lipinski definition) is 2. The molecule has 0 fully saturated rings. The molecule has 1 aromatic carbocycles. The van der Waals surface area contributed by atoms with Crippen molar-refractivity contribution in [3.05, 3.63) is 63.9 Å². The summed E-state index contributed by atoms with van der Waals surface area (Å²) in [4.78, 5) is 3.92. The molecule has 1 aromatic heterocycles. The Bertz CT molecular complexity index is 454. The molecule has 82 valence electrons. The van der Waals surface area contributed by atoms with Crippen LogP contribution in [0.25, 0.3) is 0 Å². The lowest BCUT2D eigenvalue weighted by Crippen LogP contribution is -2.12. The third-order valence-corrected chi connectivity index (χ3v) is 3.04. The van der Waals surface area contributed by atoms with Crippen LogP contribution in [0.15, 0.2) is 42.7 Å². The summed E-state index contributed by atoms with van der Waals surface area (Å²) in [6.45, 7) is 0. The third kappa shape index (κ3) is 2.19. The number of nitrogens with zero attached hydrogens (tertiary/aromatic N) is 1. The molecular formula is C12H10Cl2N2. The van der Waals surface area contributed by atoms with Crippen LogP contribution in [-0.2, 0) is 0 Å². The minimum atomic E-state index is -0.329. The van der Waals surface area contributed by atoms with E-state index < -0.39 is 0 Å². The van der Waals surface area contributed by atoms with Crippen molar-refractivity contribution in [3.63, 3.8) is 0 Å². The van der Waals surface area contributed by atoms with Crippen LogP contribution >= 0.6 is 23.2 Å². The fraction of sp³-hybridized carbons (Fsp3) is 0.0833.